The maximum atomic E-state index is 10.8. The van der Waals surface area contributed by atoms with Gasteiger partial charge in [0.1, 0.15) is 0 Å². The third kappa shape index (κ3) is 3.98. The third-order valence-corrected chi connectivity index (χ3v) is 3.47. The van der Waals surface area contributed by atoms with Gasteiger partial charge in [-0.3, -0.25) is 9.69 Å². The Morgan fingerprint density at radius 3 is 2.59 bits per heavy atom. The highest BCUT2D eigenvalue weighted by Crippen LogP contribution is 2.19. The lowest BCUT2D eigenvalue weighted by molar-refractivity contribution is -0.141. The van der Waals surface area contributed by atoms with Crippen LogP contribution in [-0.2, 0) is 11.3 Å². The Kier molecular flexibility index (Phi) is 5.43. The van der Waals surface area contributed by atoms with E-state index >= 15 is 0 Å². The summed E-state index contributed by atoms with van der Waals surface area (Å²) in [6.45, 7) is 2.40. The number of carbonyl (C=O) groups is 1. The van der Waals surface area contributed by atoms with E-state index < -0.39 is 5.97 Å². The fourth-order valence-corrected chi connectivity index (χ4v) is 2.29. The Morgan fingerprint density at radius 2 is 2.06 bits per heavy atom. The van der Waals surface area contributed by atoms with Crippen LogP contribution < -0.4 is 0 Å². The van der Waals surface area contributed by atoms with Crippen molar-refractivity contribution in [2.24, 2.45) is 5.92 Å². The van der Waals surface area contributed by atoms with Gasteiger partial charge in [-0.2, -0.15) is 0 Å². The summed E-state index contributed by atoms with van der Waals surface area (Å²) >= 11 is 3.40. The van der Waals surface area contributed by atoms with Gasteiger partial charge < -0.3 is 5.11 Å². The summed E-state index contributed by atoms with van der Waals surface area (Å²) in [5.74, 6) is -0.853. The summed E-state index contributed by atoms with van der Waals surface area (Å²) in [4.78, 5) is 13.0. The maximum absolute atomic E-state index is 10.8. The van der Waals surface area contributed by atoms with Gasteiger partial charge in [0.25, 0.3) is 0 Å². The molecule has 0 bridgehead atoms. The number of hydrogen-bond acceptors (Lipinski definition) is 2. The van der Waals surface area contributed by atoms with Crippen molar-refractivity contribution in [3.8, 4) is 0 Å². The number of halogens is 2. The van der Waals surface area contributed by atoms with Gasteiger partial charge in [-0.1, -0.05) is 28.1 Å². The number of benzene rings is 1. The summed E-state index contributed by atoms with van der Waals surface area (Å²) in [5, 5.41) is 8.90. The van der Waals surface area contributed by atoms with Gasteiger partial charge in [-0.15, -0.1) is 12.4 Å². The van der Waals surface area contributed by atoms with Crippen molar-refractivity contribution in [1.82, 2.24) is 4.90 Å². The average molecular weight is 321 g/mol. The van der Waals surface area contributed by atoms with E-state index in [1.54, 1.807) is 0 Å². The van der Waals surface area contributed by atoms with Crippen LogP contribution in [0.15, 0.2) is 28.7 Å². The van der Waals surface area contributed by atoms with E-state index in [-0.39, 0.29) is 18.3 Å². The van der Waals surface area contributed by atoms with E-state index in [9.17, 15) is 4.79 Å². The van der Waals surface area contributed by atoms with E-state index in [2.05, 4.69) is 33.0 Å². The number of likely N-dealkylation sites (tertiary alicyclic amines) is 1. The predicted molar refractivity (Wildman–Crippen MR) is 72.4 cm³/mol. The number of carboxylic acid groups (broad SMARTS) is 1. The smallest absolute Gasteiger partial charge is 0.307 e. The number of rotatable bonds is 3. The molecule has 5 heteroatoms. The first kappa shape index (κ1) is 14.5. The van der Waals surface area contributed by atoms with E-state index in [1.165, 1.54) is 5.56 Å². The molecule has 1 saturated heterocycles. The highest BCUT2D eigenvalue weighted by Gasteiger charge is 2.27. The molecule has 0 radical (unpaired) electrons. The quantitative estimate of drug-likeness (QED) is 0.931. The zero-order valence-corrected chi connectivity index (χ0v) is 11.7. The number of nitrogens with zero attached hydrogens (tertiary/aromatic N) is 1. The van der Waals surface area contributed by atoms with Crippen molar-refractivity contribution >= 4 is 34.3 Å². The number of aliphatic carboxylic acids is 1. The molecule has 1 N–H and O–H groups in total. The average Bonchev–Trinajstić information content (AvgIpc) is 2.70. The van der Waals surface area contributed by atoms with E-state index in [0.717, 1.165) is 24.0 Å². The molecule has 1 heterocycles. The monoisotopic (exact) mass is 319 g/mol. The minimum atomic E-state index is -0.668. The van der Waals surface area contributed by atoms with Gasteiger partial charge in [0.2, 0.25) is 0 Å². The molecule has 17 heavy (non-hydrogen) atoms. The summed E-state index contributed by atoms with van der Waals surface area (Å²) in [5.41, 5.74) is 1.23. The zero-order valence-electron chi connectivity index (χ0n) is 9.30. The second-order valence-corrected chi connectivity index (χ2v) is 5.10. The lowest BCUT2D eigenvalue weighted by Crippen LogP contribution is -2.22. The second-order valence-electron chi connectivity index (χ2n) is 4.19. The minimum absolute atomic E-state index is 0. The molecule has 1 aliphatic heterocycles. The van der Waals surface area contributed by atoms with Crippen molar-refractivity contribution in [1.29, 1.82) is 0 Å². The molecular formula is C12H15BrClNO2. The number of hydrogen-bond donors (Lipinski definition) is 1. The van der Waals surface area contributed by atoms with Gasteiger partial charge >= 0.3 is 5.97 Å². The molecule has 2 rings (SSSR count). The first-order valence-corrected chi connectivity index (χ1v) is 6.14. The standard InChI is InChI=1S/C12H14BrNO2.ClH/c13-11-3-1-9(2-4-11)7-14-6-5-10(8-14)12(15)16;/h1-4,10H,5-8H2,(H,15,16);1H. The SMILES string of the molecule is Cl.O=C(O)C1CCN(Cc2ccc(Br)cc2)C1. The van der Waals surface area contributed by atoms with E-state index in [4.69, 9.17) is 5.11 Å². The molecule has 0 amide bonds. The van der Waals surface area contributed by atoms with Gasteiger partial charge in [0.15, 0.2) is 0 Å². The first-order chi connectivity index (χ1) is 7.65. The molecule has 1 unspecified atom stereocenters. The Bertz CT molecular complexity index is 383. The van der Waals surface area contributed by atoms with Crippen LogP contribution in [0.2, 0.25) is 0 Å². The van der Waals surface area contributed by atoms with Crippen LogP contribution in [0.3, 0.4) is 0 Å². The molecule has 1 fully saturated rings. The van der Waals surface area contributed by atoms with Crippen molar-refractivity contribution in [2.45, 2.75) is 13.0 Å². The molecule has 0 spiro atoms. The molecule has 0 aromatic heterocycles. The van der Waals surface area contributed by atoms with Gasteiger partial charge in [-0.05, 0) is 30.7 Å². The van der Waals surface area contributed by atoms with Gasteiger partial charge in [0, 0.05) is 17.6 Å². The van der Waals surface area contributed by atoms with Crippen LogP contribution in [-0.4, -0.2) is 29.1 Å². The molecule has 3 nitrogen and oxygen atoms in total. The topological polar surface area (TPSA) is 40.5 Å². The lowest BCUT2D eigenvalue weighted by atomic mass is 10.1. The molecule has 1 atom stereocenters. The van der Waals surface area contributed by atoms with Crippen molar-refractivity contribution in [2.75, 3.05) is 13.1 Å². The van der Waals surface area contributed by atoms with Gasteiger partial charge in [-0.25, -0.2) is 0 Å². The fraction of sp³-hybridized carbons (Fsp3) is 0.417. The molecule has 1 aromatic carbocycles. The highest BCUT2D eigenvalue weighted by atomic mass is 79.9. The fourth-order valence-electron chi connectivity index (χ4n) is 2.03. The predicted octanol–water partition coefficient (Wildman–Crippen LogP) is 2.78. The Morgan fingerprint density at radius 1 is 1.41 bits per heavy atom. The lowest BCUT2D eigenvalue weighted by Gasteiger charge is -2.15. The van der Waals surface area contributed by atoms with Crippen LogP contribution in [0.25, 0.3) is 0 Å². The molecular weight excluding hydrogens is 305 g/mol. The Hall–Kier alpha value is -0.580. The van der Waals surface area contributed by atoms with Crippen molar-refractivity contribution in [3.05, 3.63) is 34.3 Å². The van der Waals surface area contributed by atoms with E-state index in [0.29, 0.717) is 6.54 Å². The van der Waals surface area contributed by atoms with Crippen molar-refractivity contribution in [3.63, 3.8) is 0 Å². The maximum Gasteiger partial charge on any atom is 0.307 e. The Labute approximate surface area is 115 Å². The van der Waals surface area contributed by atoms with Crippen molar-refractivity contribution < 1.29 is 9.90 Å². The molecule has 1 aromatic rings. The van der Waals surface area contributed by atoms with Crippen LogP contribution in [0, 0.1) is 5.92 Å². The van der Waals surface area contributed by atoms with Gasteiger partial charge in [0.05, 0.1) is 5.92 Å². The summed E-state index contributed by atoms with van der Waals surface area (Å²) in [6.07, 6.45) is 0.770. The third-order valence-electron chi connectivity index (χ3n) is 2.94. The zero-order chi connectivity index (χ0) is 11.5. The normalized spacial score (nSPS) is 19.9. The van der Waals surface area contributed by atoms with E-state index in [1.807, 2.05) is 12.1 Å². The minimum Gasteiger partial charge on any atom is -0.481 e. The first-order valence-electron chi connectivity index (χ1n) is 5.35. The van der Waals surface area contributed by atoms with Crippen LogP contribution in [0.1, 0.15) is 12.0 Å². The summed E-state index contributed by atoms with van der Waals surface area (Å²) in [6, 6.07) is 8.16. The largest absolute Gasteiger partial charge is 0.481 e. The van der Waals surface area contributed by atoms with Crippen LogP contribution in [0.4, 0.5) is 0 Å². The molecule has 1 aliphatic rings. The molecule has 94 valence electrons. The molecule has 0 saturated carbocycles. The molecule has 0 aliphatic carbocycles. The highest BCUT2D eigenvalue weighted by molar-refractivity contribution is 9.10. The summed E-state index contributed by atoms with van der Waals surface area (Å²) < 4.78 is 1.07. The number of carboxylic acids is 1. The van der Waals surface area contributed by atoms with Crippen LogP contribution in [0.5, 0.6) is 0 Å². The van der Waals surface area contributed by atoms with Crippen LogP contribution >= 0.6 is 28.3 Å². The Balaban J connectivity index is 0.00000144. The summed E-state index contributed by atoms with van der Waals surface area (Å²) in [7, 11) is 0. The second kappa shape index (κ2) is 6.38.